The van der Waals surface area contributed by atoms with Crippen LogP contribution < -0.4 is 10.6 Å². The number of nitrogens with one attached hydrogen (secondary N) is 2. The number of phenolic OH excluding ortho intramolecular Hbond substituents is 1. The summed E-state index contributed by atoms with van der Waals surface area (Å²) >= 11 is 3.11. The van der Waals surface area contributed by atoms with Crippen molar-refractivity contribution in [3.63, 3.8) is 0 Å². The van der Waals surface area contributed by atoms with Crippen LogP contribution in [0.4, 0.5) is 4.39 Å². The summed E-state index contributed by atoms with van der Waals surface area (Å²) < 4.78 is 14.2. The molecule has 120 valence electrons. The van der Waals surface area contributed by atoms with E-state index in [2.05, 4.69) is 26.6 Å². The zero-order chi connectivity index (χ0) is 16.8. The van der Waals surface area contributed by atoms with E-state index in [1.165, 1.54) is 24.3 Å². The van der Waals surface area contributed by atoms with Crippen molar-refractivity contribution >= 4 is 27.7 Å². The predicted octanol–water partition coefficient (Wildman–Crippen LogP) is 2.45. The molecule has 0 aliphatic heterocycles. The van der Waals surface area contributed by atoms with Crippen LogP contribution in [0.2, 0.25) is 0 Å². The number of halogens is 2. The molecular weight excluding hydrogens is 367 g/mol. The first kappa shape index (κ1) is 17.0. The summed E-state index contributed by atoms with van der Waals surface area (Å²) in [5, 5.41) is 14.6. The van der Waals surface area contributed by atoms with Gasteiger partial charge in [0.25, 0.3) is 11.8 Å². The lowest BCUT2D eigenvalue weighted by molar-refractivity contribution is 0.0924. The van der Waals surface area contributed by atoms with Crippen LogP contribution in [0.25, 0.3) is 0 Å². The second kappa shape index (κ2) is 7.73. The van der Waals surface area contributed by atoms with Gasteiger partial charge in [-0.05, 0) is 30.3 Å². The Bertz CT molecular complexity index is 737. The van der Waals surface area contributed by atoms with Gasteiger partial charge in [0.15, 0.2) is 0 Å². The molecule has 0 atom stereocenters. The summed E-state index contributed by atoms with van der Waals surface area (Å²) in [5.74, 6) is -1.76. The first-order valence-corrected chi connectivity index (χ1v) is 7.58. The van der Waals surface area contributed by atoms with Crippen LogP contribution in [-0.4, -0.2) is 30.0 Å². The van der Waals surface area contributed by atoms with Crippen LogP contribution in [0.15, 0.2) is 46.9 Å². The Kier molecular flexibility index (Phi) is 5.70. The average molecular weight is 381 g/mol. The number of para-hydroxylation sites is 1. The quantitative estimate of drug-likeness (QED) is 0.697. The molecule has 2 aromatic carbocycles. The van der Waals surface area contributed by atoms with Gasteiger partial charge in [-0.15, -0.1) is 0 Å². The average Bonchev–Trinajstić information content (AvgIpc) is 2.51. The summed E-state index contributed by atoms with van der Waals surface area (Å²) in [5.41, 5.74) is 0.0815. The summed E-state index contributed by atoms with van der Waals surface area (Å²) in [6.07, 6.45) is 0. The highest BCUT2D eigenvalue weighted by molar-refractivity contribution is 9.10. The Hall–Kier alpha value is -2.41. The van der Waals surface area contributed by atoms with Crippen molar-refractivity contribution in [3.8, 4) is 5.75 Å². The molecule has 0 fully saturated rings. The van der Waals surface area contributed by atoms with Crippen LogP contribution in [0.5, 0.6) is 5.75 Å². The molecule has 5 nitrogen and oxygen atoms in total. The molecule has 0 bridgehead atoms. The topological polar surface area (TPSA) is 78.4 Å². The summed E-state index contributed by atoms with van der Waals surface area (Å²) in [4.78, 5) is 23.6. The molecule has 2 amide bonds. The van der Waals surface area contributed by atoms with Crippen molar-refractivity contribution in [2.45, 2.75) is 0 Å². The van der Waals surface area contributed by atoms with Gasteiger partial charge in [0, 0.05) is 17.6 Å². The normalized spacial score (nSPS) is 10.2. The highest BCUT2D eigenvalue weighted by atomic mass is 79.9. The molecule has 0 unspecified atom stereocenters. The number of carbonyl (C=O) groups excluding carboxylic acids is 2. The van der Waals surface area contributed by atoms with Gasteiger partial charge < -0.3 is 15.7 Å². The molecule has 0 heterocycles. The molecule has 0 aliphatic rings. The van der Waals surface area contributed by atoms with Crippen LogP contribution in [0.1, 0.15) is 20.7 Å². The summed E-state index contributed by atoms with van der Waals surface area (Å²) in [7, 11) is 0. The van der Waals surface area contributed by atoms with Crippen LogP contribution >= 0.6 is 15.9 Å². The smallest absolute Gasteiger partial charge is 0.255 e. The molecule has 0 saturated carbocycles. The number of rotatable bonds is 5. The minimum Gasteiger partial charge on any atom is -0.507 e. The minimum atomic E-state index is -0.630. The third kappa shape index (κ3) is 4.53. The van der Waals surface area contributed by atoms with Gasteiger partial charge in [0.2, 0.25) is 0 Å². The Labute approximate surface area is 140 Å². The van der Waals surface area contributed by atoms with Gasteiger partial charge in [-0.1, -0.05) is 28.1 Å². The molecule has 7 heteroatoms. The van der Waals surface area contributed by atoms with Gasteiger partial charge in [-0.3, -0.25) is 9.59 Å². The lowest BCUT2D eigenvalue weighted by Crippen LogP contribution is -2.35. The van der Waals surface area contributed by atoms with E-state index >= 15 is 0 Å². The molecule has 3 N–H and O–H groups in total. The number of hydrogen-bond acceptors (Lipinski definition) is 3. The second-order valence-corrected chi connectivity index (χ2v) is 5.57. The molecule has 2 rings (SSSR count). The zero-order valence-corrected chi connectivity index (χ0v) is 13.6. The number of carbonyl (C=O) groups is 2. The maximum absolute atomic E-state index is 13.6. The largest absolute Gasteiger partial charge is 0.507 e. The third-order valence-corrected chi connectivity index (χ3v) is 3.51. The van der Waals surface area contributed by atoms with Gasteiger partial charge in [0.1, 0.15) is 11.6 Å². The minimum absolute atomic E-state index is 0.0692. The van der Waals surface area contributed by atoms with Crippen molar-refractivity contribution in [1.29, 1.82) is 0 Å². The summed E-state index contributed by atoms with van der Waals surface area (Å²) in [6, 6.07) is 10.3. The first-order valence-electron chi connectivity index (χ1n) is 6.78. The standard InChI is InChI=1S/C16H14BrFN2O3/c17-10-5-6-11(13(18)9-10)15(22)19-7-8-20-16(23)12-3-1-2-4-14(12)21/h1-6,9,21H,7-8H2,(H,19,22)(H,20,23). The lowest BCUT2D eigenvalue weighted by atomic mass is 10.2. The van der Waals surface area contributed by atoms with Gasteiger partial charge >= 0.3 is 0 Å². The highest BCUT2D eigenvalue weighted by Crippen LogP contribution is 2.15. The van der Waals surface area contributed by atoms with Crippen LogP contribution in [0.3, 0.4) is 0 Å². The van der Waals surface area contributed by atoms with Crippen molar-refractivity contribution in [1.82, 2.24) is 10.6 Å². The maximum atomic E-state index is 13.6. The van der Waals surface area contributed by atoms with Crippen molar-refractivity contribution in [2.75, 3.05) is 13.1 Å². The monoisotopic (exact) mass is 380 g/mol. The van der Waals surface area contributed by atoms with Crippen molar-refractivity contribution < 1.29 is 19.1 Å². The van der Waals surface area contributed by atoms with Crippen LogP contribution in [-0.2, 0) is 0 Å². The number of amides is 2. The number of phenols is 1. The van der Waals surface area contributed by atoms with E-state index < -0.39 is 17.6 Å². The van der Waals surface area contributed by atoms with Gasteiger partial charge in [-0.2, -0.15) is 0 Å². The molecule has 0 radical (unpaired) electrons. The number of hydrogen-bond donors (Lipinski definition) is 3. The SMILES string of the molecule is O=C(NCCNC(=O)c1ccc(Br)cc1F)c1ccccc1O. The lowest BCUT2D eigenvalue weighted by Gasteiger charge is -2.08. The van der Waals surface area contributed by atoms with E-state index in [1.54, 1.807) is 18.2 Å². The van der Waals surface area contributed by atoms with E-state index in [9.17, 15) is 19.1 Å². The van der Waals surface area contributed by atoms with E-state index in [0.717, 1.165) is 0 Å². The molecular formula is C16H14BrFN2O3. The summed E-state index contributed by atoms with van der Waals surface area (Å²) in [6.45, 7) is 0.282. The van der Waals surface area contributed by atoms with Crippen molar-refractivity contribution in [2.24, 2.45) is 0 Å². The Balaban J connectivity index is 1.82. The molecule has 23 heavy (non-hydrogen) atoms. The molecule has 0 spiro atoms. The van der Waals surface area contributed by atoms with Crippen LogP contribution in [0, 0.1) is 5.82 Å². The second-order valence-electron chi connectivity index (χ2n) is 4.65. The number of benzene rings is 2. The third-order valence-electron chi connectivity index (χ3n) is 3.02. The maximum Gasteiger partial charge on any atom is 0.255 e. The van der Waals surface area contributed by atoms with E-state index in [4.69, 9.17) is 0 Å². The molecule has 0 saturated heterocycles. The highest BCUT2D eigenvalue weighted by Gasteiger charge is 2.12. The fourth-order valence-corrected chi connectivity index (χ4v) is 2.21. The molecule has 2 aromatic rings. The Morgan fingerprint density at radius 1 is 1.00 bits per heavy atom. The van der Waals surface area contributed by atoms with E-state index in [0.29, 0.717) is 4.47 Å². The molecule has 0 aliphatic carbocycles. The fourth-order valence-electron chi connectivity index (χ4n) is 1.88. The zero-order valence-electron chi connectivity index (χ0n) is 12.0. The van der Waals surface area contributed by atoms with E-state index in [1.807, 2.05) is 0 Å². The fraction of sp³-hybridized carbons (Fsp3) is 0.125. The Morgan fingerprint density at radius 3 is 2.22 bits per heavy atom. The first-order chi connectivity index (χ1) is 11.0. The van der Waals surface area contributed by atoms with Gasteiger partial charge in [0.05, 0.1) is 11.1 Å². The van der Waals surface area contributed by atoms with Crippen molar-refractivity contribution in [3.05, 3.63) is 63.9 Å². The molecule has 0 aromatic heterocycles. The Morgan fingerprint density at radius 2 is 1.61 bits per heavy atom. The predicted molar refractivity (Wildman–Crippen MR) is 86.9 cm³/mol. The van der Waals surface area contributed by atoms with E-state index in [-0.39, 0.29) is 30.0 Å². The number of aromatic hydroxyl groups is 1. The van der Waals surface area contributed by atoms with Gasteiger partial charge in [-0.25, -0.2) is 4.39 Å².